The van der Waals surface area contributed by atoms with E-state index in [1.54, 1.807) is 36.5 Å². The number of rotatable bonds is 7. The van der Waals surface area contributed by atoms with Crippen LogP contribution in [0.2, 0.25) is 0 Å². The number of carbonyl (C=O) groups excluding carboxylic acids is 2. The third-order valence-electron chi connectivity index (χ3n) is 6.54. The van der Waals surface area contributed by atoms with Crippen molar-refractivity contribution in [1.29, 1.82) is 0 Å². The summed E-state index contributed by atoms with van der Waals surface area (Å²) < 4.78 is 26.2. The Morgan fingerprint density at radius 1 is 1.03 bits per heavy atom. The summed E-state index contributed by atoms with van der Waals surface area (Å²) in [5, 5.41) is 5.30. The molecule has 0 saturated heterocycles. The van der Waals surface area contributed by atoms with Crippen molar-refractivity contribution < 1.29 is 23.5 Å². The maximum absolute atomic E-state index is 15.1. The molecular formula is C29H26FNO4S. The van der Waals surface area contributed by atoms with Gasteiger partial charge in [0.15, 0.2) is 5.78 Å². The molecule has 1 aliphatic carbocycles. The molecule has 0 spiro atoms. The minimum atomic E-state index is -0.832. The van der Waals surface area contributed by atoms with Gasteiger partial charge in [-0.05, 0) is 43.0 Å². The van der Waals surface area contributed by atoms with Crippen molar-refractivity contribution in [3.63, 3.8) is 0 Å². The second kappa shape index (κ2) is 10.5. The molecule has 1 aliphatic heterocycles. The molecule has 0 unspecified atom stereocenters. The number of carbonyl (C=O) groups is 2. The van der Waals surface area contributed by atoms with Crippen LogP contribution in [0.5, 0.6) is 5.75 Å². The Hall–Kier alpha value is -3.71. The largest absolute Gasteiger partial charge is 0.490 e. The number of dihydropyridines is 1. The second-order valence-electron chi connectivity index (χ2n) is 8.85. The van der Waals surface area contributed by atoms with Gasteiger partial charge < -0.3 is 14.8 Å². The standard InChI is InChI=1S/C29H26FNO4S/c1-18-26(29(33)35-14-13-34-20-8-3-2-4-9-20)27(21-10-5-6-11-22(21)30)28-23(31-18)16-19(17-24(28)32)25-12-7-15-36-25/h2-12,15,19,27,31H,13-14,16-17H2,1H3/t19-,27+/m1/s1. The molecule has 2 atom stereocenters. The number of ketones is 1. The summed E-state index contributed by atoms with van der Waals surface area (Å²) in [6.45, 7) is 1.97. The lowest BCUT2D eigenvalue weighted by atomic mass is 9.72. The van der Waals surface area contributed by atoms with Crippen LogP contribution < -0.4 is 10.1 Å². The highest BCUT2D eigenvalue weighted by molar-refractivity contribution is 7.10. The van der Waals surface area contributed by atoms with Crippen LogP contribution in [0.25, 0.3) is 0 Å². The molecule has 1 aromatic heterocycles. The van der Waals surface area contributed by atoms with Gasteiger partial charge in [-0.1, -0.05) is 42.5 Å². The highest BCUT2D eigenvalue weighted by Gasteiger charge is 2.42. The Kier molecular flexibility index (Phi) is 7.00. The number of hydrogen-bond acceptors (Lipinski definition) is 6. The molecule has 1 N–H and O–H groups in total. The molecule has 5 rings (SSSR count). The van der Waals surface area contributed by atoms with Gasteiger partial charge in [-0.3, -0.25) is 4.79 Å². The van der Waals surface area contributed by atoms with Gasteiger partial charge in [-0.15, -0.1) is 11.3 Å². The summed E-state index contributed by atoms with van der Waals surface area (Å²) >= 11 is 1.63. The minimum absolute atomic E-state index is 0.0226. The van der Waals surface area contributed by atoms with Crippen LogP contribution >= 0.6 is 11.3 Å². The van der Waals surface area contributed by atoms with Crippen molar-refractivity contribution in [3.05, 3.63) is 111 Å². The summed E-state index contributed by atoms with van der Waals surface area (Å²) in [5.41, 5.74) is 2.31. The van der Waals surface area contributed by atoms with E-state index in [0.717, 1.165) is 10.6 Å². The molecule has 0 saturated carbocycles. The first kappa shape index (κ1) is 24.0. The van der Waals surface area contributed by atoms with Crippen LogP contribution in [-0.4, -0.2) is 25.0 Å². The van der Waals surface area contributed by atoms with Crippen molar-refractivity contribution in [1.82, 2.24) is 5.32 Å². The first-order valence-corrected chi connectivity index (χ1v) is 12.8. The van der Waals surface area contributed by atoms with E-state index in [0.29, 0.717) is 35.4 Å². The summed E-state index contributed by atoms with van der Waals surface area (Å²) in [5.74, 6) is -1.24. The van der Waals surface area contributed by atoms with Crippen LogP contribution in [-0.2, 0) is 14.3 Å². The monoisotopic (exact) mass is 503 g/mol. The SMILES string of the molecule is CC1=C(C(=O)OCCOc2ccccc2)[C@H](c2ccccc2F)C2=C(C[C@@H](c3cccs3)CC2=O)N1. The lowest BCUT2D eigenvalue weighted by Gasteiger charge is -2.36. The van der Waals surface area contributed by atoms with Crippen molar-refractivity contribution in [3.8, 4) is 5.75 Å². The van der Waals surface area contributed by atoms with E-state index in [-0.39, 0.29) is 30.5 Å². The highest BCUT2D eigenvalue weighted by Crippen LogP contribution is 2.46. The number of esters is 1. The number of thiophene rings is 1. The topological polar surface area (TPSA) is 64.6 Å². The predicted octanol–water partition coefficient (Wildman–Crippen LogP) is 5.87. The van der Waals surface area contributed by atoms with E-state index >= 15 is 4.39 Å². The number of hydrogen-bond donors (Lipinski definition) is 1. The second-order valence-corrected chi connectivity index (χ2v) is 9.83. The Balaban J connectivity index is 1.42. The van der Waals surface area contributed by atoms with Crippen LogP contribution in [0.1, 0.15) is 42.0 Å². The summed E-state index contributed by atoms with van der Waals surface area (Å²) in [7, 11) is 0. The lowest BCUT2D eigenvalue weighted by Crippen LogP contribution is -2.36. The molecule has 184 valence electrons. The molecule has 0 fully saturated rings. The highest BCUT2D eigenvalue weighted by atomic mass is 32.1. The van der Waals surface area contributed by atoms with Crippen LogP contribution in [0.4, 0.5) is 4.39 Å². The van der Waals surface area contributed by atoms with Gasteiger partial charge in [0.05, 0.1) is 11.5 Å². The summed E-state index contributed by atoms with van der Waals surface area (Å²) in [6, 6.07) is 19.6. The normalized spacial score (nSPS) is 19.6. The van der Waals surface area contributed by atoms with Gasteiger partial charge in [0.25, 0.3) is 0 Å². The smallest absolute Gasteiger partial charge is 0.336 e. The summed E-state index contributed by atoms with van der Waals surface area (Å²) in [6.07, 6.45) is 0.940. The molecule has 3 aromatic rings. The first-order chi connectivity index (χ1) is 17.5. The van der Waals surface area contributed by atoms with Crippen molar-refractivity contribution >= 4 is 23.1 Å². The van der Waals surface area contributed by atoms with Gasteiger partial charge in [0.2, 0.25) is 0 Å². The van der Waals surface area contributed by atoms with E-state index in [9.17, 15) is 9.59 Å². The molecule has 0 bridgehead atoms. The zero-order chi connectivity index (χ0) is 25.1. The van der Waals surface area contributed by atoms with Crippen LogP contribution in [0.15, 0.2) is 94.7 Å². The Morgan fingerprint density at radius 2 is 1.81 bits per heavy atom. The fourth-order valence-electron chi connectivity index (χ4n) is 4.94. The van der Waals surface area contributed by atoms with Gasteiger partial charge in [0.1, 0.15) is 24.8 Å². The van der Waals surface area contributed by atoms with Crippen LogP contribution in [0, 0.1) is 5.82 Å². The molecule has 36 heavy (non-hydrogen) atoms. The number of ether oxygens (including phenoxy) is 2. The fourth-order valence-corrected chi connectivity index (χ4v) is 5.77. The third kappa shape index (κ3) is 4.84. The minimum Gasteiger partial charge on any atom is -0.490 e. The maximum atomic E-state index is 15.1. The molecule has 7 heteroatoms. The third-order valence-corrected chi connectivity index (χ3v) is 7.57. The average molecular weight is 504 g/mol. The zero-order valence-electron chi connectivity index (χ0n) is 19.8. The Bertz CT molecular complexity index is 1330. The molecular weight excluding hydrogens is 477 g/mol. The first-order valence-electron chi connectivity index (χ1n) is 11.9. The zero-order valence-corrected chi connectivity index (χ0v) is 20.6. The quantitative estimate of drug-likeness (QED) is 0.323. The number of nitrogens with one attached hydrogen (secondary N) is 1. The van der Waals surface area contributed by atoms with Crippen molar-refractivity contribution in [2.24, 2.45) is 0 Å². The lowest BCUT2D eigenvalue weighted by molar-refractivity contribution is -0.140. The van der Waals surface area contributed by atoms with Gasteiger partial charge >= 0.3 is 5.97 Å². The number of allylic oxidation sites excluding steroid dienone is 3. The number of halogens is 1. The number of para-hydroxylation sites is 1. The van der Waals surface area contributed by atoms with E-state index in [2.05, 4.69) is 5.32 Å². The van der Waals surface area contributed by atoms with Crippen molar-refractivity contribution in [2.45, 2.75) is 31.6 Å². The van der Waals surface area contributed by atoms with E-state index in [4.69, 9.17) is 9.47 Å². The molecule has 0 radical (unpaired) electrons. The average Bonchev–Trinajstić information content (AvgIpc) is 3.42. The molecule has 2 aliphatic rings. The van der Waals surface area contributed by atoms with Gasteiger partial charge in [0, 0.05) is 39.7 Å². The summed E-state index contributed by atoms with van der Waals surface area (Å²) in [4.78, 5) is 28.0. The van der Waals surface area contributed by atoms with Gasteiger partial charge in [-0.2, -0.15) is 0 Å². The van der Waals surface area contributed by atoms with E-state index in [1.165, 1.54) is 6.07 Å². The van der Waals surface area contributed by atoms with E-state index < -0.39 is 17.7 Å². The Labute approximate surface area is 213 Å². The number of benzene rings is 2. The molecule has 2 aromatic carbocycles. The Morgan fingerprint density at radius 3 is 2.56 bits per heavy atom. The van der Waals surface area contributed by atoms with Crippen molar-refractivity contribution in [2.75, 3.05) is 13.2 Å². The molecule has 5 nitrogen and oxygen atoms in total. The predicted molar refractivity (Wildman–Crippen MR) is 136 cm³/mol. The molecule has 2 heterocycles. The van der Waals surface area contributed by atoms with Gasteiger partial charge in [-0.25, -0.2) is 9.18 Å². The maximum Gasteiger partial charge on any atom is 0.336 e. The fraction of sp³-hybridized carbons (Fsp3) is 0.241. The molecule has 0 amide bonds. The van der Waals surface area contributed by atoms with E-state index in [1.807, 2.05) is 47.8 Å². The number of Topliss-reactive ketones (excluding diaryl/α,β-unsaturated/α-hetero) is 1. The van der Waals surface area contributed by atoms with Crippen LogP contribution in [0.3, 0.4) is 0 Å².